The van der Waals surface area contributed by atoms with E-state index >= 15 is 0 Å². The van der Waals surface area contributed by atoms with E-state index in [0.717, 1.165) is 44.1 Å². The molecular weight excluding hydrogens is 244 g/mol. The van der Waals surface area contributed by atoms with Crippen LogP contribution in [0.1, 0.15) is 13.3 Å². The molecule has 1 amide bonds. The SMILES string of the molecule is CCCOC(=O)Nc1ccc(N2CCOCC2)cc1. The molecule has 0 unspecified atom stereocenters. The van der Waals surface area contributed by atoms with Crippen LogP contribution in [0.2, 0.25) is 0 Å². The number of rotatable bonds is 4. The van der Waals surface area contributed by atoms with Crippen molar-refractivity contribution in [1.82, 2.24) is 0 Å². The molecule has 1 saturated heterocycles. The number of amides is 1. The quantitative estimate of drug-likeness (QED) is 0.907. The largest absolute Gasteiger partial charge is 0.449 e. The molecule has 1 aliphatic rings. The highest BCUT2D eigenvalue weighted by Crippen LogP contribution is 2.19. The first kappa shape index (κ1) is 13.7. The number of hydrogen-bond donors (Lipinski definition) is 1. The third kappa shape index (κ3) is 4.13. The Morgan fingerprint density at radius 2 is 2.00 bits per heavy atom. The summed E-state index contributed by atoms with van der Waals surface area (Å²) in [6.45, 7) is 5.76. The highest BCUT2D eigenvalue weighted by molar-refractivity contribution is 5.84. The second-order valence-electron chi connectivity index (χ2n) is 4.41. The van der Waals surface area contributed by atoms with Gasteiger partial charge in [0, 0.05) is 24.5 Å². The first-order chi connectivity index (χ1) is 9.29. The molecule has 1 aromatic rings. The van der Waals surface area contributed by atoms with Gasteiger partial charge in [0.15, 0.2) is 0 Å². The summed E-state index contributed by atoms with van der Waals surface area (Å²) >= 11 is 0. The molecule has 0 spiro atoms. The first-order valence-corrected chi connectivity index (χ1v) is 6.66. The molecule has 0 bridgehead atoms. The van der Waals surface area contributed by atoms with Crippen LogP contribution in [0.4, 0.5) is 16.2 Å². The minimum Gasteiger partial charge on any atom is -0.449 e. The Balaban J connectivity index is 1.88. The van der Waals surface area contributed by atoms with Gasteiger partial charge < -0.3 is 14.4 Å². The lowest BCUT2D eigenvalue weighted by molar-refractivity contribution is 0.122. The molecule has 0 atom stereocenters. The minimum atomic E-state index is -0.402. The third-order valence-electron chi connectivity index (χ3n) is 2.93. The van der Waals surface area contributed by atoms with Gasteiger partial charge in [-0.2, -0.15) is 0 Å². The van der Waals surface area contributed by atoms with E-state index in [4.69, 9.17) is 9.47 Å². The van der Waals surface area contributed by atoms with E-state index in [-0.39, 0.29) is 0 Å². The van der Waals surface area contributed by atoms with Gasteiger partial charge in [0.25, 0.3) is 0 Å². The van der Waals surface area contributed by atoms with Crippen molar-refractivity contribution in [3.05, 3.63) is 24.3 Å². The number of anilines is 2. The van der Waals surface area contributed by atoms with Gasteiger partial charge in [-0.1, -0.05) is 6.92 Å². The fourth-order valence-corrected chi connectivity index (χ4v) is 1.93. The van der Waals surface area contributed by atoms with Gasteiger partial charge in [-0.15, -0.1) is 0 Å². The number of carbonyl (C=O) groups is 1. The van der Waals surface area contributed by atoms with Crippen molar-refractivity contribution in [2.45, 2.75) is 13.3 Å². The predicted octanol–water partition coefficient (Wildman–Crippen LogP) is 2.48. The van der Waals surface area contributed by atoms with E-state index < -0.39 is 6.09 Å². The second kappa shape index (κ2) is 6.99. The molecule has 5 heteroatoms. The normalized spacial score (nSPS) is 15.1. The van der Waals surface area contributed by atoms with E-state index in [2.05, 4.69) is 10.2 Å². The van der Waals surface area contributed by atoms with Crippen LogP contribution in [0.3, 0.4) is 0 Å². The summed E-state index contributed by atoms with van der Waals surface area (Å²) in [4.78, 5) is 13.7. The van der Waals surface area contributed by atoms with Crippen LogP contribution < -0.4 is 10.2 Å². The second-order valence-corrected chi connectivity index (χ2v) is 4.41. The average molecular weight is 264 g/mol. The van der Waals surface area contributed by atoms with Crippen LogP contribution in [0.25, 0.3) is 0 Å². The Bertz CT molecular complexity index is 400. The maximum Gasteiger partial charge on any atom is 0.411 e. The van der Waals surface area contributed by atoms with E-state index in [1.807, 2.05) is 31.2 Å². The molecule has 19 heavy (non-hydrogen) atoms. The molecule has 104 valence electrons. The lowest BCUT2D eigenvalue weighted by Gasteiger charge is -2.28. The highest BCUT2D eigenvalue weighted by atomic mass is 16.5. The van der Waals surface area contributed by atoms with Gasteiger partial charge in [-0.25, -0.2) is 4.79 Å². The summed E-state index contributed by atoms with van der Waals surface area (Å²) in [7, 11) is 0. The Labute approximate surface area is 113 Å². The zero-order valence-corrected chi connectivity index (χ0v) is 11.2. The van der Waals surface area contributed by atoms with Crippen molar-refractivity contribution in [3.63, 3.8) is 0 Å². The lowest BCUT2D eigenvalue weighted by Crippen LogP contribution is -2.36. The first-order valence-electron chi connectivity index (χ1n) is 6.66. The molecule has 1 N–H and O–H groups in total. The van der Waals surface area contributed by atoms with Crippen LogP contribution in [-0.4, -0.2) is 39.0 Å². The van der Waals surface area contributed by atoms with Crippen molar-refractivity contribution in [2.24, 2.45) is 0 Å². The van der Waals surface area contributed by atoms with Crippen LogP contribution in [0.5, 0.6) is 0 Å². The van der Waals surface area contributed by atoms with Crippen molar-refractivity contribution < 1.29 is 14.3 Å². The van der Waals surface area contributed by atoms with E-state index in [1.165, 1.54) is 0 Å². The monoisotopic (exact) mass is 264 g/mol. The molecule has 2 rings (SSSR count). The van der Waals surface area contributed by atoms with E-state index in [0.29, 0.717) is 6.61 Å². The molecule has 0 saturated carbocycles. The zero-order valence-electron chi connectivity index (χ0n) is 11.2. The summed E-state index contributed by atoms with van der Waals surface area (Å²) in [5.41, 5.74) is 1.90. The maximum atomic E-state index is 11.4. The average Bonchev–Trinajstić information content (AvgIpc) is 2.47. The van der Waals surface area contributed by atoms with Gasteiger partial charge in [0.2, 0.25) is 0 Å². The lowest BCUT2D eigenvalue weighted by atomic mass is 10.2. The Morgan fingerprint density at radius 1 is 1.32 bits per heavy atom. The van der Waals surface area contributed by atoms with Gasteiger partial charge in [-0.3, -0.25) is 5.32 Å². The standard InChI is InChI=1S/C14H20N2O3/c1-2-9-19-14(17)15-12-3-5-13(6-4-12)16-7-10-18-11-8-16/h3-6H,2,7-11H2,1H3,(H,15,17). The summed E-state index contributed by atoms with van der Waals surface area (Å²) in [5, 5.41) is 2.70. The van der Waals surface area contributed by atoms with Crippen LogP contribution in [-0.2, 0) is 9.47 Å². The molecule has 0 aromatic heterocycles. The number of hydrogen-bond acceptors (Lipinski definition) is 4. The summed E-state index contributed by atoms with van der Waals surface area (Å²) in [5.74, 6) is 0. The molecule has 5 nitrogen and oxygen atoms in total. The number of carbonyl (C=O) groups excluding carboxylic acids is 1. The van der Waals surface area contributed by atoms with E-state index in [1.54, 1.807) is 0 Å². The van der Waals surface area contributed by atoms with Crippen LogP contribution in [0, 0.1) is 0 Å². The van der Waals surface area contributed by atoms with Crippen LogP contribution >= 0.6 is 0 Å². The Kier molecular flexibility index (Phi) is 5.03. The molecule has 1 aromatic carbocycles. The van der Waals surface area contributed by atoms with Gasteiger partial charge in [0.05, 0.1) is 19.8 Å². The Morgan fingerprint density at radius 3 is 2.63 bits per heavy atom. The fourth-order valence-electron chi connectivity index (χ4n) is 1.93. The van der Waals surface area contributed by atoms with Crippen molar-refractivity contribution >= 4 is 17.5 Å². The summed E-state index contributed by atoms with van der Waals surface area (Å²) < 4.78 is 10.3. The third-order valence-corrected chi connectivity index (χ3v) is 2.93. The maximum absolute atomic E-state index is 11.4. The molecule has 0 radical (unpaired) electrons. The molecule has 0 aliphatic carbocycles. The fraction of sp³-hybridized carbons (Fsp3) is 0.500. The molecule has 1 fully saturated rings. The van der Waals surface area contributed by atoms with Gasteiger partial charge >= 0.3 is 6.09 Å². The van der Waals surface area contributed by atoms with Gasteiger partial charge in [0.1, 0.15) is 0 Å². The van der Waals surface area contributed by atoms with Gasteiger partial charge in [-0.05, 0) is 30.7 Å². The summed E-state index contributed by atoms with van der Waals surface area (Å²) in [6, 6.07) is 7.78. The number of ether oxygens (including phenoxy) is 2. The molecule has 1 heterocycles. The summed E-state index contributed by atoms with van der Waals surface area (Å²) in [6.07, 6.45) is 0.421. The predicted molar refractivity (Wildman–Crippen MR) is 74.7 cm³/mol. The van der Waals surface area contributed by atoms with Crippen molar-refractivity contribution in [2.75, 3.05) is 43.1 Å². The molecule has 1 aliphatic heterocycles. The minimum absolute atomic E-state index is 0.402. The smallest absolute Gasteiger partial charge is 0.411 e. The number of nitrogens with one attached hydrogen (secondary N) is 1. The topological polar surface area (TPSA) is 50.8 Å². The number of benzene rings is 1. The Hall–Kier alpha value is -1.75. The highest BCUT2D eigenvalue weighted by Gasteiger charge is 2.11. The molecular formula is C14H20N2O3. The van der Waals surface area contributed by atoms with Crippen molar-refractivity contribution in [3.8, 4) is 0 Å². The van der Waals surface area contributed by atoms with Crippen LogP contribution in [0.15, 0.2) is 24.3 Å². The number of morpholine rings is 1. The van der Waals surface area contributed by atoms with Crippen molar-refractivity contribution in [1.29, 1.82) is 0 Å². The van der Waals surface area contributed by atoms with E-state index in [9.17, 15) is 4.79 Å². The zero-order chi connectivity index (χ0) is 13.5. The number of nitrogens with zero attached hydrogens (tertiary/aromatic N) is 1.